The lowest BCUT2D eigenvalue weighted by molar-refractivity contribution is -0.883. The number of aromatic nitrogens is 1. The van der Waals surface area contributed by atoms with Gasteiger partial charge in [0.15, 0.2) is 0 Å². The third kappa shape index (κ3) is 4.43. The summed E-state index contributed by atoms with van der Waals surface area (Å²) in [6.07, 6.45) is 2.02. The molecule has 0 aliphatic carbocycles. The fourth-order valence-electron chi connectivity index (χ4n) is 3.72. The van der Waals surface area contributed by atoms with E-state index in [0.717, 1.165) is 19.5 Å². The van der Waals surface area contributed by atoms with E-state index in [1.54, 1.807) is 4.90 Å². The minimum atomic E-state index is -1.56. The van der Waals surface area contributed by atoms with Crippen molar-refractivity contribution in [3.63, 3.8) is 0 Å². The van der Waals surface area contributed by atoms with Gasteiger partial charge in [-0.3, -0.25) is 4.79 Å². The average molecular weight is 369 g/mol. The molecule has 2 aliphatic rings. The number of hydrogen-bond donors (Lipinski definition) is 2. The van der Waals surface area contributed by atoms with Crippen molar-refractivity contribution in [2.75, 3.05) is 31.6 Å². The monoisotopic (exact) mass is 369 g/mol. The molecule has 0 saturated carbocycles. The van der Waals surface area contributed by atoms with Crippen molar-refractivity contribution in [2.45, 2.75) is 18.9 Å². The van der Waals surface area contributed by atoms with E-state index < -0.39 is 18.4 Å². The maximum absolute atomic E-state index is 9.39. The third-order valence-electron chi connectivity index (χ3n) is 4.93. The number of hydrogen-bond acceptors (Lipinski definition) is 5. The first-order valence-corrected chi connectivity index (χ1v) is 8.97. The Balaban J connectivity index is 0.000000260. The van der Waals surface area contributed by atoms with Crippen LogP contribution in [-0.2, 0) is 16.0 Å². The van der Waals surface area contributed by atoms with Crippen LogP contribution in [0.4, 0.5) is 5.82 Å². The van der Waals surface area contributed by atoms with Crippen molar-refractivity contribution in [3.05, 3.63) is 59.3 Å². The fraction of sp³-hybridized carbons (Fsp3) is 0.350. The quantitative estimate of drug-likeness (QED) is 0.678. The van der Waals surface area contributed by atoms with Crippen molar-refractivity contribution in [1.82, 2.24) is 4.98 Å². The van der Waals surface area contributed by atoms with Gasteiger partial charge in [-0.2, -0.15) is 0 Å². The highest BCUT2D eigenvalue weighted by molar-refractivity contribution is 5.87. The van der Waals surface area contributed by atoms with Gasteiger partial charge in [-0.1, -0.05) is 30.3 Å². The molecule has 2 atom stereocenters. The number of carbonyl (C=O) groups excluding carboxylic acids is 1. The Morgan fingerprint density at radius 2 is 2.00 bits per heavy atom. The normalized spacial score (nSPS) is 20.1. The molecule has 142 valence electrons. The van der Waals surface area contributed by atoms with Gasteiger partial charge < -0.3 is 24.8 Å². The van der Waals surface area contributed by atoms with Gasteiger partial charge in [-0.25, -0.2) is 4.98 Å². The molecule has 0 radical (unpaired) electrons. The summed E-state index contributed by atoms with van der Waals surface area (Å²) in [6, 6.07) is 13.7. The topological polar surface area (TPSA) is 98.0 Å². The molecule has 7 nitrogen and oxygen atoms in total. The average Bonchev–Trinajstić information content (AvgIpc) is 2.75. The molecule has 27 heavy (non-hydrogen) atoms. The number of carboxylic acid groups (broad SMARTS) is 2. The van der Waals surface area contributed by atoms with Crippen molar-refractivity contribution in [1.29, 1.82) is 0 Å². The Morgan fingerprint density at radius 1 is 1.26 bits per heavy atom. The molecule has 1 unspecified atom stereocenters. The van der Waals surface area contributed by atoms with Gasteiger partial charge in [0.2, 0.25) is 0 Å². The molecule has 2 aromatic rings. The van der Waals surface area contributed by atoms with Gasteiger partial charge in [-0.15, -0.1) is 0 Å². The molecule has 2 aliphatic heterocycles. The van der Waals surface area contributed by atoms with Crippen LogP contribution in [-0.4, -0.2) is 48.7 Å². The second kappa shape index (κ2) is 8.18. The van der Waals surface area contributed by atoms with E-state index in [1.807, 2.05) is 6.20 Å². The largest absolute Gasteiger partial charge is 0.550 e. The van der Waals surface area contributed by atoms with Crippen LogP contribution in [0.2, 0.25) is 0 Å². The Morgan fingerprint density at radius 3 is 2.70 bits per heavy atom. The zero-order valence-electron chi connectivity index (χ0n) is 15.2. The number of piperazine rings is 1. The number of carbonyl (C=O) groups is 2. The first-order valence-electron chi connectivity index (χ1n) is 8.97. The number of rotatable bonds is 2. The van der Waals surface area contributed by atoms with Crippen LogP contribution < -0.4 is 14.9 Å². The van der Waals surface area contributed by atoms with E-state index in [9.17, 15) is 14.7 Å². The molecule has 4 rings (SSSR count). The first kappa shape index (κ1) is 18.8. The summed E-state index contributed by atoms with van der Waals surface area (Å²) in [5.74, 6) is -1.74. The number of anilines is 1. The van der Waals surface area contributed by atoms with Crippen LogP contribution >= 0.6 is 0 Å². The van der Waals surface area contributed by atoms with E-state index in [1.165, 1.54) is 29.1 Å². The number of carboxylic acids is 2. The van der Waals surface area contributed by atoms with Crippen molar-refractivity contribution < 1.29 is 24.7 Å². The van der Waals surface area contributed by atoms with Gasteiger partial charge in [0.1, 0.15) is 18.4 Å². The molecule has 1 aromatic heterocycles. The van der Waals surface area contributed by atoms with Crippen LogP contribution in [0.25, 0.3) is 0 Å². The fourth-order valence-corrected chi connectivity index (χ4v) is 3.72. The number of nitrogens with one attached hydrogen (secondary N) is 1. The molecule has 3 heterocycles. The Kier molecular flexibility index (Phi) is 5.71. The Labute approximate surface area is 157 Å². The van der Waals surface area contributed by atoms with Crippen LogP contribution in [0.3, 0.4) is 0 Å². The first-order chi connectivity index (χ1) is 13.0. The molecule has 0 bridgehead atoms. The van der Waals surface area contributed by atoms with Gasteiger partial charge >= 0.3 is 5.97 Å². The number of pyridine rings is 1. The molecule has 0 spiro atoms. The second-order valence-electron chi connectivity index (χ2n) is 6.92. The molecule has 1 fully saturated rings. The highest BCUT2D eigenvalue weighted by Gasteiger charge is 2.34. The lowest BCUT2D eigenvalue weighted by Gasteiger charge is -2.38. The van der Waals surface area contributed by atoms with E-state index >= 15 is 0 Å². The molecule has 2 N–H and O–H groups in total. The number of nitrogens with zero attached hydrogens (tertiary/aromatic N) is 2. The number of benzene rings is 1. The van der Waals surface area contributed by atoms with Crippen LogP contribution in [0.15, 0.2) is 42.6 Å². The minimum absolute atomic E-state index is 0.469. The lowest BCUT2D eigenvalue weighted by atomic mass is 9.96. The smallest absolute Gasteiger partial charge is 0.309 e. The van der Waals surface area contributed by atoms with Crippen LogP contribution in [0.5, 0.6) is 0 Å². The number of quaternary nitrogens is 1. The number of likely N-dealkylation sites (N-methyl/N-ethyl adjacent to an activating group) is 1. The van der Waals surface area contributed by atoms with Gasteiger partial charge in [0.25, 0.3) is 0 Å². The van der Waals surface area contributed by atoms with Crippen molar-refractivity contribution in [3.8, 4) is 0 Å². The van der Waals surface area contributed by atoms with Crippen LogP contribution in [0, 0.1) is 0 Å². The lowest BCUT2D eigenvalue weighted by Crippen LogP contribution is -3.12. The summed E-state index contributed by atoms with van der Waals surface area (Å²) in [7, 11) is 2.30. The molecule has 0 amide bonds. The highest BCUT2D eigenvalue weighted by atomic mass is 16.4. The summed E-state index contributed by atoms with van der Waals surface area (Å²) in [5.41, 5.74) is 4.32. The van der Waals surface area contributed by atoms with Gasteiger partial charge in [0.05, 0.1) is 32.5 Å². The molecular formula is C20H23N3O4. The molecule has 1 saturated heterocycles. The summed E-state index contributed by atoms with van der Waals surface area (Å²) < 4.78 is 0. The van der Waals surface area contributed by atoms with E-state index in [-0.39, 0.29) is 0 Å². The second-order valence-corrected chi connectivity index (χ2v) is 6.92. The highest BCUT2D eigenvalue weighted by Crippen LogP contribution is 2.35. The Hall–Kier alpha value is -2.93. The maximum Gasteiger partial charge on any atom is 0.309 e. The molecule has 1 aromatic carbocycles. The molecule has 7 heteroatoms. The molecular weight excluding hydrogens is 346 g/mol. The number of fused-ring (bicyclic) bond motifs is 5. The summed E-state index contributed by atoms with van der Waals surface area (Å²) >= 11 is 0. The zero-order valence-corrected chi connectivity index (χ0v) is 15.2. The zero-order chi connectivity index (χ0) is 19.4. The van der Waals surface area contributed by atoms with Gasteiger partial charge in [0, 0.05) is 12.6 Å². The predicted molar refractivity (Wildman–Crippen MR) is 97.5 cm³/mol. The third-order valence-corrected chi connectivity index (χ3v) is 4.93. The van der Waals surface area contributed by atoms with Crippen molar-refractivity contribution in [2.24, 2.45) is 0 Å². The Bertz CT molecular complexity index is 827. The van der Waals surface area contributed by atoms with Crippen molar-refractivity contribution >= 4 is 17.8 Å². The summed E-state index contributed by atoms with van der Waals surface area (Å²) in [6.45, 7) is 3.44. The SMILES string of the molecule is C[NH+]1CCN2c3ncccc3Cc3ccccc3[C@H]2C1.O=C([O-])CC(=O)O. The standard InChI is InChI=1S/C17H19N3.C3H4O4/c1-19-9-10-20-16(12-19)15-7-3-2-5-13(15)11-14-6-4-8-18-17(14)20;4-2(5)1-3(6)7/h2-8,16H,9-12H2,1H3;1H2,(H,4,5)(H,6,7)/t16-;/m1./s1. The van der Waals surface area contributed by atoms with E-state index in [0.29, 0.717) is 6.04 Å². The van der Waals surface area contributed by atoms with Gasteiger partial charge in [-0.05, 0) is 22.8 Å². The summed E-state index contributed by atoms with van der Waals surface area (Å²) in [5, 5.41) is 17.0. The van der Waals surface area contributed by atoms with E-state index in [2.05, 4.69) is 53.3 Å². The van der Waals surface area contributed by atoms with Crippen LogP contribution in [0.1, 0.15) is 29.2 Å². The minimum Gasteiger partial charge on any atom is -0.550 e. The maximum atomic E-state index is 9.39. The number of aliphatic carboxylic acids is 2. The van der Waals surface area contributed by atoms with E-state index in [4.69, 9.17) is 5.11 Å². The summed E-state index contributed by atoms with van der Waals surface area (Å²) in [4.78, 5) is 27.5. The predicted octanol–water partition coefficient (Wildman–Crippen LogP) is -0.727.